The van der Waals surface area contributed by atoms with Crippen LogP contribution in [0.25, 0.3) is 0 Å². The van der Waals surface area contributed by atoms with E-state index in [-0.39, 0.29) is 6.54 Å². The molecule has 1 amide bonds. The minimum absolute atomic E-state index is 0.0266. The molecule has 0 unspecified atom stereocenters. The van der Waals surface area contributed by atoms with Gasteiger partial charge in [-0.15, -0.1) is 0 Å². The number of aliphatic carboxylic acids is 1. The van der Waals surface area contributed by atoms with Crippen molar-refractivity contribution in [1.82, 2.24) is 10.2 Å². The number of nitrogens with one attached hydrogen (secondary N) is 1. The fourth-order valence-electron chi connectivity index (χ4n) is 1.47. The van der Waals surface area contributed by atoms with E-state index in [1.165, 1.54) is 6.26 Å². The normalized spacial score (nSPS) is 11.6. The fourth-order valence-corrected chi connectivity index (χ4v) is 1.47. The number of carboxylic acid groups (broad SMARTS) is 1. The third-order valence-corrected chi connectivity index (χ3v) is 2.17. The Bertz CT molecular complexity index is 445. The number of furan rings is 1. The Kier molecular flexibility index (Phi) is 5.56. The first-order valence-corrected chi connectivity index (χ1v) is 5.56. The third kappa shape index (κ3) is 6.78. The first-order valence-electron chi connectivity index (χ1n) is 5.56. The second kappa shape index (κ2) is 6.94. The van der Waals surface area contributed by atoms with Crippen molar-refractivity contribution in [1.29, 1.82) is 0 Å². The highest BCUT2D eigenvalue weighted by molar-refractivity contribution is 5.78. The highest BCUT2D eigenvalue weighted by atomic mass is 19.4. The van der Waals surface area contributed by atoms with Crippen LogP contribution >= 0.6 is 0 Å². The van der Waals surface area contributed by atoms with Gasteiger partial charge in [0.1, 0.15) is 5.76 Å². The Hall–Kier alpha value is -2.03. The molecule has 0 atom stereocenters. The lowest BCUT2D eigenvalue weighted by Gasteiger charge is -2.20. The van der Waals surface area contributed by atoms with Crippen LogP contribution in [0.5, 0.6) is 0 Å². The highest BCUT2D eigenvalue weighted by Gasteiger charge is 2.32. The van der Waals surface area contributed by atoms with Gasteiger partial charge in [0.25, 0.3) is 0 Å². The maximum absolute atomic E-state index is 12.2. The number of nitrogens with zero attached hydrogens (tertiary/aromatic N) is 1. The van der Waals surface area contributed by atoms with Gasteiger partial charge in [-0.1, -0.05) is 0 Å². The van der Waals surface area contributed by atoms with Crippen molar-refractivity contribution in [2.45, 2.75) is 12.7 Å². The third-order valence-electron chi connectivity index (χ3n) is 2.17. The maximum atomic E-state index is 12.2. The van der Waals surface area contributed by atoms with E-state index in [2.05, 4.69) is 5.32 Å². The minimum atomic E-state index is -4.57. The van der Waals surface area contributed by atoms with Crippen LogP contribution in [-0.2, 0) is 16.1 Å². The molecule has 0 saturated carbocycles. The number of hydrogen-bond donors (Lipinski definition) is 2. The second-order valence-corrected chi connectivity index (χ2v) is 4.01. The zero-order chi connectivity index (χ0) is 15.2. The van der Waals surface area contributed by atoms with Gasteiger partial charge in [-0.2, -0.15) is 13.2 Å². The predicted molar refractivity (Wildman–Crippen MR) is 60.7 cm³/mol. The van der Waals surface area contributed by atoms with Gasteiger partial charge >= 0.3 is 12.1 Å². The number of halogens is 3. The molecular weight excluding hydrogens is 281 g/mol. The molecule has 1 rings (SSSR count). The molecular formula is C11H13F3N2O4. The van der Waals surface area contributed by atoms with Gasteiger partial charge in [-0.05, 0) is 12.1 Å². The lowest BCUT2D eigenvalue weighted by molar-refractivity contribution is -0.155. The number of carboxylic acids is 1. The summed E-state index contributed by atoms with van der Waals surface area (Å²) in [5, 5.41) is 10.9. The van der Waals surface area contributed by atoms with Gasteiger partial charge in [0.05, 0.1) is 32.4 Å². The summed E-state index contributed by atoms with van der Waals surface area (Å²) in [4.78, 5) is 22.4. The molecule has 6 nitrogen and oxygen atoms in total. The van der Waals surface area contributed by atoms with Gasteiger partial charge in [-0.25, -0.2) is 0 Å². The molecule has 1 heterocycles. The number of carbonyl (C=O) groups excluding carboxylic acids is 1. The fraction of sp³-hybridized carbons (Fsp3) is 0.455. The molecule has 0 radical (unpaired) electrons. The number of amides is 1. The average molecular weight is 294 g/mol. The second-order valence-electron chi connectivity index (χ2n) is 4.01. The quantitative estimate of drug-likeness (QED) is 0.779. The van der Waals surface area contributed by atoms with Crippen LogP contribution in [-0.4, -0.2) is 47.7 Å². The van der Waals surface area contributed by atoms with Crippen LogP contribution in [0.4, 0.5) is 13.2 Å². The van der Waals surface area contributed by atoms with Crippen molar-refractivity contribution in [2.75, 3.05) is 19.6 Å². The van der Waals surface area contributed by atoms with Crippen molar-refractivity contribution in [2.24, 2.45) is 0 Å². The van der Waals surface area contributed by atoms with Gasteiger partial charge in [0.2, 0.25) is 5.91 Å². The molecule has 112 valence electrons. The van der Waals surface area contributed by atoms with E-state index in [1.807, 2.05) is 0 Å². The van der Waals surface area contributed by atoms with Crippen LogP contribution in [0.15, 0.2) is 22.8 Å². The molecule has 0 aliphatic rings. The molecule has 0 aromatic carbocycles. The average Bonchev–Trinajstić information content (AvgIpc) is 2.75. The number of hydrogen-bond acceptors (Lipinski definition) is 4. The summed E-state index contributed by atoms with van der Waals surface area (Å²) in [5.41, 5.74) is 0. The summed E-state index contributed by atoms with van der Waals surface area (Å²) < 4.78 is 41.6. The predicted octanol–water partition coefficient (Wildman–Crippen LogP) is 0.845. The lowest BCUT2D eigenvalue weighted by Crippen LogP contribution is -2.44. The molecule has 2 N–H and O–H groups in total. The van der Waals surface area contributed by atoms with Crippen molar-refractivity contribution >= 4 is 11.9 Å². The van der Waals surface area contributed by atoms with E-state index in [4.69, 9.17) is 9.52 Å². The summed E-state index contributed by atoms with van der Waals surface area (Å²) in [6.45, 7) is -2.97. The molecule has 0 aliphatic carbocycles. The molecule has 0 saturated heterocycles. The Morgan fingerprint density at radius 1 is 1.35 bits per heavy atom. The van der Waals surface area contributed by atoms with E-state index in [0.29, 0.717) is 10.7 Å². The maximum Gasteiger partial charge on any atom is 0.401 e. The largest absolute Gasteiger partial charge is 0.480 e. The SMILES string of the molecule is O=C(O)CN(CC(=O)NCc1ccco1)CC(F)(F)F. The lowest BCUT2D eigenvalue weighted by atomic mass is 10.4. The van der Waals surface area contributed by atoms with E-state index in [0.717, 1.165) is 0 Å². The van der Waals surface area contributed by atoms with Crippen molar-refractivity contribution in [3.05, 3.63) is 24.2 Å². The summed E-state index contributed by atoms with van der Waals surface area (Å²) in [6, 6.07) is 3.19. The molecule has 1 aromatic rings. The summed E-state index contributed by atoms with van der Waals surface area (Å²) in [7, 11) is 0. The van der Waals surface area contributed by atoms with Gasteiger partial charge in [0.15, 0.2) is 0 Å². The van der Waals surface area contributed by atoms with E-state index in [9.17, 15) is 22.8 Å². The van der Waals surface area contributed by atoms with Crippen LogP contribution in [0, 0.1) is 0 Å². The topological polar surface area (TPSA) is 82.8 Å². The van der Waals surface area contributed by atoms with E-state index >= 15 is 0 Å². The van der Waals surface area contributed by atoms with E-state index in [1.54, 1.807) is 12.1 Å². The Morgan fingerprint density at radius 2 is 2.05 bits per heavy atom. The summed E-state index contributed by atoms with van der Waals surface area (Å²) in [5.74, 6) is -1.71. The molecule has 0 aliphatic heterocycles. The molecule has 9 heteroatoms. The van der Waals surface area contributed by atoms with Crippen molar-refractivity contribution in [3.8, 4) is 0 Å². The summed E-state index contributed by atoms with van der Waals surface area (Å²) >= 11 is 0. The zero-order valence-corrected chi connectivity index (χ0v) is 10.3. The number of rotatable bonds is 7. The Labute approximate surface area is 112 Å². The van der Waals surface area contributed by atoms with Crippen LogP contribution in [0.3, 0.4) is 0 Å². The van der Waals surface area contributed by atoms with Crippen LogP contribution in [0.1, 0.15) is 5.76 Å². The first kappa shape index (κ1) is 16.0. The van der Waals surface area contributed by atoms with Gasteiger partial charge < -0.3 is 14.8 Å². The van der Waals surface area contributed by atoms with Crippen molar-refractivity contribution in [3.63, 3.8) is 0 Å². The van der Waals surface area contributed by atoms with Gasteiger partial charge in [-0.3, -0.25) is 14.5 Å². The molecule has 0 bridgehead atoms. The minimum Gasteiger partial charge on any atom is -0.480 e. The van der Waals surface area contributed by atoms with Crippen LogP contribution in [0.2, 0.25) is 0 Å². The monoisotopic (exact) mass is 294 g/mol. The zero-order valence-electron chi connectivity index (χ0n) is 10.3. The van der Waals surface area contributed by atoms with Crippen molar-refractivity contribution < 1.29 is 32.3 Å². The summed E-state index contributed by atoms with van der Waals surface area (Å²) in [6.07, 6.45) is -3.18. The van der Waals surface area contributed by atoms with Gasteiger partial charge in [0, 0.05) is 0 Å². The molecule has 20 heavy (non-hydrogen) atoms. The molecule has 0 fully saturated rings. The Balaban J connectivity index is 2.46. The molecule has 0 spiro atoms. The highest BCUT2D eigenvalue weighted by Crippen LogP contribution is 2.16. The molecule has 1 aromatic heterocycles. The smallest absolute Gasteiger partial charge is 0.401 e. The van der Waals surface area contributed by atoms with Crippen LogP contribution < -0.4 is 5.32 Å². The Morgan fingerprint density at radius 3 is 2.55 bits per heavy atom. The van der Waals surface area contributed by atoms with E-state index < -0.39 is 37.7 Å². The number of carbonyl (C=O) groups is 2. The number of alkyl halides is 3. The first-order chi connectivity index (χ1) is 9.26. The standard InChI is InChI=1S/C11H13F3N2O4/c12-11(13,14)7-16(6-10(18)19)5-9(17)15-4-8-2-1-3-20-8/h1-3H,4-7H2,(H,15,17)(H,18,19).